The molecule has 2 atom stereocenters. The number of fused-ring (bicyclic) bond motifs is 1. The van der Waals surface area contributed by atoms with Crippen molar-refractivity contribution in [3.8, 4) is 0 Å². The van der Waals surface area contributed by atoms with E-state index in [1.807, 2.05) is 6.92 Å². The number of anilines is 1. The SMILES string of the molecule is Cc1nccnc1CN1CC2CN(c3cc(C(C)(C)C)ncn3)CC2C1. The lowest BCUT2D eigenvalue weighted by Gasteiger charge is -2.24. The summed E-state index contributed by atoms with van der Waals surface area (Å²) in [4.78, 5) is 22.8. The van der Waals surface area contributed by atoms with E-state index < -0.39 is 0 Å². The van der Waals surface area contributed by atoms with Crippen LogP contribution in [0.2, 0.25) is 0 Å². The third kappa shape index (κ3) is 3.43. The summed E-state index contributed by atoms with van der Waals surface area (Å²) in [6.45, 7) is 14.0. The lowest BCUT2D eigenvalue weighted by atomic mass is 9.92. The number of nitrogens with zero attached hydrogens (tertiary/aromatic N) is 6. The molecule has 0 aliphatic carbocycles. The average Bonchev–Trinajstić information content (AvgIpc) is 3.15. The van der Waals surface area contributed by atoms with Gasteiger partial charge in [-0.15, -0.1) is 0 Å². The van der Waals surface area contributed by atoms with Crippen molar-refractivity contribution in [1.82, 2.24) is 24.8 Å². The molecule has 0 amide bonds. The highest BCUT2D eigenvalue weighted by atomic mass is 15.3. The Hall–Kier alpha value is -2.08. The monoisotopic (exact) mass is 352 g/mol. The van der Waals surface area contributed by atoms with Crippen LogP contribution in [0, 0.1) is 18.8 Å². The second kappa shape index (κ2) is 6.58. The van der Waals surface area contributed by atoms with Gasteiger partial charge in [-0.25, -0.2) is 9.97 Å². The van der Waals surface area contributed by atoms with E-state index in [9.17, 15) is 0 Å². The fraction of sp³-hybridized carbons (Fsp3) is 0.600. The van der Waals surface area contributed by atoms with Gasteiger partial charge in [-0.2, -0.15) is 0 Å². The van der Waals surface area contributed by atoms with Crippen molar-refractivity contribution < 1.29 is 0 Å². The first-order valence-electron chi connectivity index (χ1n) is 9.46. The zero-order valence-electron chi connectivity index (χ0n) is 16.2. The van der Waals surface area contributed by atoms with E-state index in [0.717, 1.165) is 55.6 Å². The molecule has 138 valence electrons. The van der Waals surface area contributed by atoms with E-state index in [1.165, 1.54) is 0 Å². The van der Waals surface area contributed by atoms with Crippen molar-refractivity contribution in [3.63, 3.8) is 0 Å². The molecule has 2 saturated heterocycles. The summed E-state index contributed by atoms with van der Waals surface area (Å²) >= 11 is 0. The van der Waals surface area contributed by atoms with Gasteiger partial charge in [0.05, 0.1) is 17.1 Å². The molecule has 0 aromatic carbocycles. The molecule has 0 spiro atoms. The van der Waals surface area contributed by atoms with Crippen LogP contribution in [0.4, 0.5) is 5.82 Å². The van der Waals surface area contributed by atoms with Crippen LogP contribution < -0.4 is 4.90 Å². The molecule has 4 rings (SSSR count). The molecule has 2 unspecified atom stereocenters. The number of hydrogen-bond acceptors (Lipinski definition) is 6. The van der Waals surface area contributed by atoms with Crippen molar-refractivity contribution in [2.45, 2.75) is 39.7 Å². The molecule has 6 heteroatoms. The number of rotatable bonds is 3. The summed E-state index contributed by atoms with van der Waals surface area (Å²) in [5.74, 6) is 2.50. The quantitative estimate of drug-likeness (QED) is 0.846. The molecule has 2 aliphatic rings. The molecular formula is C20H28N6. The van der Waals surface area contributed by atoms with E-state index >= 15 is 0 Å². The Morgan fingerprint density at radius 3 is 2.31 bits per heavy atom. The van der Waals surface area contributed by atoms with E-state index in [1.54, 1.807) is 18.7 Å². The van der Waals surface area contributed by atoms with Crippen LogP contribution in [-0.2, 0) is 12.0 Å². The van der Waals surface area contributed by atoms with Crippen LogP contribution in [0.15, 0.2) is 24.8 Å². The number of hydrogen-bond donors (Lipinski definition) is 0. The zero-order valence-corrected chi connectivity index (χ0v) is 16.2. The second-order valence-corrected chi connectivity index (χ2v) is 8.72. The Morgan fingerprint density at radius 2 is 1.65 bits per heavy atom. The highest BCUT2D eigenvalue weighted by molar-refractivity contribution is 5.42. The second-order valence-electron chi connectivity index (χ2n) is 8.72. The first-order valence-corrected chi connectivity index (χ1v) is 9.46. The van der Waals surface area contributed by atoms with Crippen molar-refractivity contribution in [3.05, 3.63) is 41.9 Å². The van der Waals surface area contributed by atoms with Gasteiger partial charge in [0.15, 0.2) is 0 Å². The van der Waals surface area contributed by atoms with Gasteiger partial charge >= 0.3 is 0 Å². The standard InChI is InChI=1S/C20H28N6/c1-14-17(22-6-5-21-14)12-25-8-15-10-26(11-16(15)9-25)19-7-18(20(2,3)4)23-13-24-19/h5-7,13,15-16H,8-12H2,1-4H3. The molecule has 2 aromatic rings. The van der Waals surface area contributed by atoms with E-state index in [-0.39, 0.29) is 5.41 Å². The largest absolute Gasteiger partial charge is 0.356 e. The molecule has 26 heavy (non-hydrogen) atoms. The normalized spacial score (nSPS) is 23.5. The average molecular weight is 352 g/mol. The Morgan fingerprint density at radius 1 is 0.962 bits per heavy atom. The summed E-state index contributed by atoms with van der Waals surface area (Å²) in [5.41, 5.74) is 3.31. The fourth-order valence-electron chi connectivity index (χ4n) is 4.14. The number of aromatic nitrogens is 4. The van der Waals surface area contributed by atoms with Gasteiger partial charge in [0.25, 0.3) is 0 Å². The van der Waals surface area contributed by atoms with Gasteiger partial charge in [0.2, 0.25) is 0 Å². The molecule has 2 aliphatic heterocycles. The molecule has 6 nitrogen and oxygen atoms in total. The van der Waals surface area contributed by atoms with E-state index in [2.05, 4.69) is 56.6 Å². The lowest BCUT2D eigenvalue weighted by Crippen LogP contribution is -2.30. The summed E-state index contributed by atoms with van der Waals surface area (Å²) < 4.78 is 0. The van der Waals surface area contributed by atoms with Crippen molar-refractivity contribution >= 4 is 5.82 Å². The number of aryl methyl sites for hydroxylation is 1. The highest BCUT2D eigenvalue weighted by Crippen LogP contribution is 2.34. The maximum Gasteiger partial charge on any atom is 0.132 e. The fourth-order valence-corrected chi connectivity index (χ4v) is 4.14. The van der Waals surface area contributed by atoms with Gasteiger partial charge in [0.1, 0.15) is 12.1 Å². The maximum atomic E-state index is 4.54. The molecule has 0 radical (unpaired) electrons. The molecule has 0 N–H and O–H groups in total. The first kappa shape index (κ1) is 17.3. The maximum absolute atomic E-state index is 4.54. The van der Waals surface area contributed by atoms with Crippen LogP contribution >= 0.6 is 0 Å². The molecule has 2 aromatic heterocycles. The van der Waals surface area contributed by atoms with Crippen LogP contribution in [0.25, 0.3) is 0 Å². The van der Waals surface area contributed by atoms with E-state index in [4.69, 9.17) is 0 Å². The van der Waals surface area contributed by atoms with E-state index in [0.29, 0.717) is 11.8 Å². The molecule has 0 bridgehead atoms. The smallest absolute Gasteiger partial charge is 0.132 e. The Kier molecular flexibility index (Phi) is 4.39. The number of likely N-dealkylation sites (tertiary alicyclic amines) is 1. The summed E-state index contributed by atoms with van der Waals surface area (Å²) in [7, 11) is 0. The third-order valence-corrected chi connectivity index (χ3v) is 5.66. The minimum atomic E-state index is 0.0542. The molecule has 0 saturated carbocycles. The third-order valence-electron chi connectivity index (χ3n) is 5.66. The Bertz CT molecular complexity index is 770. The predicted octanol–water partition coefficient (Wildman–Crippen LogP) is 2.44. The van der Waals surface area contributed by atoms with Crippen molar-refractivity contribution in [2.24, 2.45) is 11.8 Å². The van der Waals surface area contributed by atoms with Gasteiger partial charge in [-0.3, -0.25) is 14.9 Å². The van der Waals surface area contributed by atoms with Crippen LogP contribution in [0.1, 0.15) is 37.9 Å². The zero-order chi connectivity index (χ0) is 18.3. The summed E-state index contributed by atoms with van der Waals surface area (Å²) in [6.07, 6.45) is 5.28. The Balaban J connectivity index is 1.40. The highest BCUT2D eigenvalue weighted by Gasteiger charge is 2.40. The lowest BCUT2D eigenvalue weighted by molar-refractivity contribution is 0.304. The van der Waals surface area contributed by atoms with Crippen molar-refractivity contribution in [2.75, 3.05) is 31.1 Å². The molecule has 2 fully saturated rings. The minimum absolute atomic E-state index is 0.0542. The van der Waals surface area contributed by atoms with Gasteiger partial charge in [0, 0.05) is 56.6 Å². The van der Waals surface area contributed by atoms with Gasteiger partial charge in [-0.05, 0) is 18.8 Å². The van der Waals surface area contributed by atoms with Gasteiger partial charge < -0.3 is 4.90 Å². The molecular weight excluding hydrogens is 324 g/mol. The van der Waals surface area contributed by atoms with Crippen LogP contribution in [-0.4, -0.2) is 51.0 Å². The molecule has 4 heterocycles. The summed E-state index contributed by atoms with van der Waals surface area (Å²) in [5, 5.41) is 0. The minimum Gasteiger partial charge on any atom is -0.356 e. The van der Waals surface area contributed by atoms with Crippen LogP contribution in [0.5, 0.6) is 0 Å². The Labute approximate surface area is 155 Å². The topological polar surface area (TPSA) is 58.0 Å². The summed E-state index contributed by atoms with van der Waals surface area (Å²) in [6, 6.07) is 2.17. The first-order chi connectivity index (χ1) is 12.4. The van der Waals surface area contributed by atoms with Crippen LogP contribution in [0.3, 0.4) is 0 Å². The van der Waals surface area contributed by atoms with Gasteiger partial charge in [-0.1, -0.05) is 20.8 Å². The predicted molar refractivity (Wildman–Crippen MR) is 102 cm³/mol. The van der Waals surface area contributed by atoms with Crippen molar-refractivity contribution in [1.29, 1.82) is 0 Å².